The van der Waals surface area contributed by atoms with Crippen molar-refractivity contribution in [2.75, 3.05) is 5.43 Å². The minimum atomic E-state index is -0.211. The number of aromatic hydroxyl groups is 1. The number of phenols is 1. The maximum Gasteiger partial charge on any atom is 0.252 e. The summed E-state index contributed by atoms with van der Waals surface area (Å²) in [6.45, 7) is 14.0. The number of rotatable bonds is 3. The lowest BCUT2D eigenvalue weighted by molar-refractivity contribution is 0.423. The second-order valence-corrected chi connectivity index (χ2v) is 8.36. The van der Waals surface area contributed by atoms with Crippen LogP contribution in [0.1, 0.15) is 69.8 Å². The van der Waals surface area contributed by atoms with E-state index in [1.54, 1.807) is 13.1 Å². The molecule has 0 bridgehead atoms. The molecule has 0 aliphatic heterocycles. The normalized spacial score (nSPS) is 12.4. The van der Waals surface area contributed by atoms with Gasteiger partial charge in [0, 0.05) is 18.1 Å². The number of aromatic nitrogens is 1. The van der Waals surface area contributed by atoms with Crippen LogP contribution in [0.15, 0.2) is 21.7 Å². The van der Waals surface area contributed by atoms with E-state index in [1.807, 2.05) is 18.2 Å². The summed E-state index contributed by atoms with van der Waals surface area (Å²) in [4.78, 5) is 3.96. The molecule has 6 nitrogen and oxygen atoms in total. The van der Waals surface area contributed by atoms with Gasteiger partial charge in [0.25, 0.3) is 5.88 Å². The van der Waals surface area contributed by atoms with E-state index in [4.69, 9.17) is 9.68 Å². The summed E-state index contributed by atoms with van der Waals surface area (Å²) < 4.78 is 5.32. The molecule has 2 N–H and O–H groups in total. The molecule has 0 saturated heterocycles. The number of hydrazone groups is 1. The van der Waals surface area contributed by atoms with Crippen LogP contribution in [0.25, 0.3) is 0 Å². The van der Waals surface area contributed by atoms with E-state index in [9.17, 15) is 5.11 Å². The summed E-state index contributed by atoms with van der Waals surface area (Å²) in [6.07, 6.45) is 1.64. The van der Waals surface area contributed by atoms with Crippen molar-refractivity contribution >= 4 is 12.1 Å². The van der Waals surface area contributed by atoms with E-state index in [0.717, 1.165) is 16.7 Å². The molecule has 0 saturated carbocycles. The predicted octanol–water partition coefficient (Wildman–Crippen LogP) is 4.60. The number of nitriles is 1. The highest BCUT2D eigenvalue weighted by Gasteiger charge is 2.26. The number of oxazole rings is 1. The Morgan fingerprint density at radius 3 is 2.15 bits per heavy atom. The average molecular weight is 354 g/mol. The van der Waals surface area contributed by atoms with Crippen molar-refractivity contribution in [3.63, 3.8) is 0 Å². The molecule has 0 fully saturated rings. The second-order valence-electron chi connectivity index (χ2n) is 8.36. The van der Waals surface area contributed by atoms with Crippen molar-refractivity contribution < 1.29 is 9.52 Å². The first-order chi connectivity index (χ1) is 11.9. The van der Waals surface area contributed by atoms with Crippen molar-refractivity contribution in [1.82, 2.24) is 4.98 Å². The van der Waals surface area contributed by atoms with E-state index < -0.39 is 0 Å². The molecule has 0 aliphatic carbocycles. The van der Waals surface area contributed by atoms with Crippen LogP contribution in [-0.4, -0.2) is 16.3 Å². The van der Waals surface area contributed by atoms with E-state index >= 15 is 0 Å². The molecular weight excluding hydrogens is 328 g/mol. The zero-order valence-electron chi connectivity index (χ0n) is 16.4. The molecule has 2 aromatic rings. The maximum atomic E-state index is 10.7. The molecule has 0 spiro atoms. The highest BCUT2D eigenvalue weighted by molar-refractivity contribution is 5.82. The minimum Gasteiger partial charge on any atom is -0.507 e. The van der Waals surface area contributed by atoms with Crippen LogP contribution >= 0.6 is 0 Å². The van der Waals surface area contributed by atoms with Crippen molar-refractivity contribution in [3.05, 3.63) is 40.4 Å². The van der Waals surface area contributed by atoms with Gasteiger partial charge in [-0.25, -0.2) is 10.4 Å². The molecule has 1 aromatic heterocycles. The molecule has 138 valence electrons. The molecule has 1 heterocycles. The fraction of sp³-hybridized carbons (Fsp3) is 0.450. The number of hydrogen-bond acceptors (Lipinski definition) is 6. The van der Waals surface area contributed by atoms with Crippen LogP contribution < -0.4 is 5.43 Å². The van der Waals surface area contributed by atoms with E-state index in [0.29, 0.717) is 11.6 Å². The highest BCUT2D eigenvalue weighted by atomic mass is 16.4. The third kappa shape index (κ3) is 4.23. The Hall–Kier alpha value is -2.81. The number of nitrogens with zero attached hydrogens (tertiary/aromatic N) is 3. The lowest BCUT2D eigenvalue weighted by atomic mass is 9.78. The molecule has 1 aromatic carbocycles. The summed E-state index contributed by atoms with van der Waals surface area (Å²) in [5.41, 5.74) is 5.03. The number of hydrogen-bond donors (Lipinski definition) is 2. The lowest BCUT2D eigenvalue weighted by Crippen LogP contribution is -2.17. The quantitative estimate of drug-likeness (QED) is 0.620. The highest BCUT2D eigenvalue weighted by Crippen LogP contribution is 2.39. The van der Waals surface area contributed by atoms with Crippen LogP contribution in [0.2, 0.25) is 0 Å². The van der Waals surface area contributed by atoms with Gasteiger partial charge in [-0.3, -0.25) is 0 Å². The second kappa shape index (κ2) is 6.83. The fourth-order valence-electron chi connectivity index (χ4n) is 2.62. The summed E-state index contributed by atoms with van der Waals surface area (Å²) in [6, 6.07) is 5.80. The monoisotopic (exact) mass is 354 g/mol. The standard InChI is InChI=1S/C20H26N4O2/c1-12-23-16(10-21)18(26-12)24-22-11-13-8-14(19(2,3)4)17(25)15(9-13)20(5,6)7/h8-9,11,24-25H,1-7H3/b22-11+. The summed E-state index contributed by atoms with van der Waals surface area (Å²) >= 11 is 0. The maximum absolute atomic E-state index is 10.7. The van der Waals surface area contributed by atoms with Gasteiger partial charge in [-0.2, -0.15) is 10.4 Å². The van der Waals surface area contributed by atoms with Crippen LogP contribution in [0.5, 0.6) is 5.75 Å². The summed E-state index contributed by atoms with van der Waals surface area (Å²) in [5, 5.41) is 23.9. The van der Waals surface area contributed by atoms with Crippen LogP contribution in [0, 0.1) is 18.3 Å². The Labute approximate surface area is 154 Å². The zero-order chi connectivity index (χ0) is 19.7. The molecule has 2 rings (SSSR count). The van der Waals surface area contributed by atoms with E-state index in [-0.39, 0.29) is 22.4 Å². The Morgan fingerprint density at radius 2 is 1.69 bits per heavy atom. The number of benzene rings is 1. The van der Waals surface area contributed by atoms with Gasteiger partial charge in [-0.15, -0.1) is 0 Å². The molecule has 0 aliphatic rings. The summed E-state index contributed by atoms with van der Waals surface area (Å²) in [7, 11) is 0. The Balaban J connectivity index is 2.41. The third-order valence-electron chi connectivity index (χ3n) is 3.97. The average Bonchev–Trinajstić information content (AvgIpc) is 2.86. The first kappa shape index (κ1) is 19.5. The predicted molar refractivity (Wildman–Crippen MR) is 103 cm³/mol. The Kier molecular flexibility index (Phi) is 5.13. The number of nitrogens with one attached hydrogen (secondary N) is 1. The van der Waals surface area contributed by atoms with Crippen molar-refractivity contribution in [2.24, 2.45) is 5.10 Å². The van der Waals surface area contributed by atoms with Gasteiger partial charge in [0.2, 0.25) is 5.69 Å². The lowest BCUT2D eigenvalue weighted by Gasteiger charge is -2.27. The Morgan fingerprint density at radius 1 is 1.15 bits per heavy atom. The van der Waals surface area contributed by atoms with Gasteiger partial charge in [-0.1, -0.05) is 41.5 Å². The SMILES string of the molecule is Cc1nc(C#N)c(N/N=C/c2cc(C(C)(C)C)c(O)c(C(C)(C)C)c2)o1. The molecule has 0 atom stereocenters. The third-order valence-corrected chi connectivity index (χ3v) is 3.97. The number of anilines is 1. The fourth-order valence-corrected chi connectivity index (χ4v) is 2.62. The molecular formula is C20H26N4O2. The zero-order valence-corrected chi connectivity index (χ0v) is 16.4. The largest absolute Gasteiger partial charge is 0.507 e. The van der Waals surface area contributed by atoms with Crippen LogP contribution in [0.4, 0.5) is 5.88 Å². The topological polar surface area (TPSA) is 94.4 Å². The van der Waals surface area contributed by atoms with Crippen LogP contribution in [0.3, 0.4) is 0 Å². The molecule has 26 heavy (non-hydrogen) atoms. The smallest absolute Gasteiger partial charge is 0.252 e. The van der Waals surface area contributed by atoms with Crippen molar-refractivity contribution in [2.45, 2.75) is 59.3 Å². The first-order valence-corrected chi connectivity index (χ1v) is 8.48. The van der Waals surface area contributed by atoms with Gasteiger partial charge in [-0.05, 0) is 28.5 Å². The van der Waals surface area contributed by atoms with E-state index in [2.05, 4.69) is 57.1 Å². The van der Waals surface area contributed by atoms with Crippen molar-refractivity contribution in [1.29, 1.82) is 5.26 Å². The van der Waals surface area contributed by atoms with Crippen LogP contribution in [-0.2, 0) is 10.8 Å². The molecule has 0 radical (unpaired) electrons. The first-order valence-electron chi connectivity index (χ1n) is 8.48. The minimum absolute atomic E-state index is 0.163. The number of aryl methyl sites for hydroxylation is 1. The van der Waals surface area contributed by atoms with E-state index in [1.165, 1.54) is 0 Å². The summed E-state index contributed by atoms with van der Waals surface area (Å²) in [5.74, 6) is 0.939. The van der Waals surface area contributed by atoms with Gasteiger partial charge >= 0.3 is 0 Å². The molecule has 0 amide bonds. The van der Waals surface area contributed by atoms with Gasteiger partial charge in [0.15, 0.2) is 5.89 Å². The van der Waals surface area contributed by atoms with Gasteiger partial charge in [0.05, 0.1) is 6.21 Å². The molecule has 0 unspecified atom stereocenters. The van der Waals surface area contributed by atoms with Crippen molar-refractivity contribution in [3.8, 4) is 11.8 Å². The number of phenolic OH excluding ortho intramolecular Hbond substituents is 1. The van der Waals surface area contributed by atoms with Gasteiger partial charge in [0.1, 0.15) is 11.8 Å². The van der Waals surface area contributed by atoms with Gasteiger partial charge < -0.3 is 9.52 Å². The molecule has 6 heteroatoms. The Bertz CT molecular complexity index is 840.